The van der Waals surface area contributed by atoms with E-state index in [4.69, 9.17) is 10.00 Å². The molecule has 5 nitrogen and oxygen atoms in total. The van der Waals surface area contributed by atoms with Gasteiger partial charge in [0.15, 0.2) is 0 Å². The van der Waals surface area contributed by atoms with Crippen molar-refractivity contribution in [2.24, 2.45) is 0 Å². The van der Waals surface area contributed by atoms with E-state index >= 15 is 0 Å². The van der Waals surface area contributed by atoms with Gasteiger partial charge in [0, 0.05) is 19.2 Å². The van der Waals surface area contributed by atoms with Crippen LogP contribution in [0.5, 0.6) is 0 Å². The molecule has 0 aliphatic heterocycles. The van der Waals surface area contributed by atoms with Crippen LogP contribution in [0.2, 0.25) is 0 Å². The number of nitrogens with one attached hydrogen (secondary N) is 1. The summed E-state index contributed by atoms with van der Waals surface area (Å²) in [5.74, 6) is -0.272. The first-order valence-electron chi connectivity index (χ1n) is 6.36. The highest BCUT2D eigenvalue weighted by molar-refractivity contribution is 5.95. The summed E-state index contributed by atoms with van der Waals surface area (Å²) in [6.45, 7) is 2.54. The van der Waals surface area contributed by atoms with Crippen LogP contribution < -0.4 is 5.32 Å². The van der Waals surface area contributed by atoms with Gasteiger partial charge in [-0.1, -0.05) is 12.1 Å². The van der Waals surface area contributed by atoms with Gasteiger partial charge in [-0.15, -0.1) is 0 Å². The molecule has 0 spiro atoms. The zero-order chi connectivity index (χ0) is 15.2. The van der Waals surface area contributed by atoms with Crippen molar-refractivity contribution in [1.29, 1.82) is 5.26 Å². The lowest BCUT2D eigenvalue weighted by atomic mass is 10.0. The van der Waals surface area contributed by atoms with Crippen molar-refractivity contribution in [2.45, 2.75) is 19.0 Å². The number of amides is 1. The van der Waals surface area contributed by atoms with E-state index in [1.54, 1.807) is 13.0 Å². The topological polar surface area (TPSA) is 65.4 Å². The molecule has 5 heteroatoms. The fourth-order valence-electron chi connectivity index (χ4n) is 1.88. The number of carbonyl (C=O) groups excluding carboxylic acids is 1. The molecule has 1 rings (SSSR count). The van der Waals surface area contributed by atoms with E-state index in [1.165, 1.54) is 7.11 Å². The molecule has 1 amide bonds. The van der Waals surface area contributed by atoms with Crippen molar-refractivity contribution >= 4 is 5.91 Å². The molecule has 0 aromatic heterocycles. The number of ether oxygens (including phenoxy) is 1. The Kier molecular flexibility index (Phi) is 5.68. The van der Waals surface area contributed by atoms with Crippen LogP contribution in [0.3, 0.4) is 0 Å². The first kappa shape index (κ1) is 16.2. The van der Waals surface area contributed by atoms with Crippen LogP contribution in [0.4, 0.5) is 0 Å². The molecule has 0 saturated heterocycles. The Hall–Kier alpha value is -1.90. The first-order valence-corrected chi connectivity index (χ1v) is 6.36. The predicted octanol–water partition coefficient (Wildman–Crippen LogP) is 1.41. The summed E-state index contributed by atoms with van der Waals surface area (Å²) in [7, 11) is 5.44. The van der Waals surface area contributed by atoms with E-state index in [-0.39, 0.29) is 12.5 Å². The van der Waals surface area contributed by atoms with E-state index in [0.29, 0.717) is 5.56 Å². The fraction of sp³-hybridized carbons (Fsp3) is 0.467. The van der Waals surface area contributed by atoms with Crippen LogP contribution in [-0.2, 0) is 11.3 Å². The summed E-state index contributed by atoms with van der Waals surface area (Å²) in [5.41, 5.74) is 0.568. The van der Waals surface area contributed by atoms with Crippen molar-refractivity contribution in [3.05, 3.63) is 35.4 Å². The molecule has 0 radical (unpaired) electrons. The minimum Gasteiger partial charge on any atom is -0.381 e. The van der Waals surface area contributed by atoms with E-state index in [0.717, 1.165) is 12.1 Å². The number of nitrogens with zero attached hydrogens (tertiary/aromatic N) is 2. The third kappa shape index (κ3) is 4.65. The number of hydrogen-bond donors (Lipinski definition) is 1. The molecule has 20 heavy (non-hydrogen) atoms. The third-order valence-corrected chi connectivity index (χ3v) is 2.76. The monoisotopic (exact) mass is 275 g/mol. The maximum absolute atomic E-state index is 12.2. The standard InChI is InChI=1S/C15H21N3O2/c1-15(10-16,11-20-4)17-14(19)13-7-5-6-12(8-13)9-18(2)3/h5-8H,9,11H2,1-4H3,(H,17,19). The van der Waals surface area contributed by atoms with Crippen LogP contribution in [-0.4, -0.2) is 44.2 Å². The lowest BCUT2D eigenvalue weighted by Crippen LogP contribution is -2.48. The van der Waals surface area contributed by atoms with Crippen LogP contribution in [0.1, 0.15) is 22.8 Å². The largest absolute Gasteiger partial charge is 0.381 e. The second-order valence-corrected chi connectivity index (χ2v) is 5.27. The van der Waals surface area contributed by atoms with Gasteiger partial charge in [0.2, 0.25) is 0 Å². The molecule has 1 atom stereocenters. The first-order chi connectivity index (χ1) is 9.40. The minimum atomic E-state index is -1.02. The Morgan fingerprint density at radius 3 is 2.75 bits per heavy atom. The number of rotatable bonds is 6. The number of hydrogen-bond acceptors (Lipinski definition) is 4. The molecule has 0 bridgehead atoms. The molecule has 0 heterocycles. The zero-order valence-electron chi connectivity index (χ0n) is 12.4. The van der Waals surface area contributed by atoms with E-state index in [1.807, 2.05) is 37.2 Å². The van der Waals surface area contributed by atoms with Gasteiger partial charge >= 0.3 is 0 Å². The highest BCUT2D eigenvalue weighted by atomic mass is 16.5. The smallest absolute Gasteiger partial charge is 0.252 e. The van der Waals surface area contributed by atoms with Gasteiger partial charge in [0.05, 0.1) is 12.7 Å². The maximum Gasteiger partial charge on any atom is 0.252 e. The molecular weight excluding hydrogens is 254 g/mol. The van der Waals surface area contributed by atoms with E-state index in [2.05, 4.69) is 11.4 Å². The average molecular weight is 275 g/mol. The Balaban J connectivity index is 2.85. The van der Waals surface area contributed by atoms with Gasteiger partial charge < -0.3 is 15.0 Å². The quantitative estimate of drug-likeness (QED) is 0.852. The normalized spacial score (nSPS) is 13.6. The van der Waals surface area contributed by atoms with Crippen molar-refractivity contribution in [2.75, 3.05) is 27.8 Å². The van der Waals surface area contributed by atoms with Crippen LogP contribution in [0.25, 0.3) is 0 Å². The summed E-state index contributed by atoms with van der Waals surface area (Å²) in [6, 6.07) is 9.44. The number of carbonyl (C=O) groups is 1. The van der Waals surface area contributed by atoms with Gasteiger partial charge in [0.1, 0.15) is 5.54 Å². The molecule has 108 valence electrons. The van der Waals surface area contributed by atoms with Crippen molar-refractivity contribution in [1.82, 2.24) is 10.2 Å². The lowest BCUT2D eigenvalue weighted by Gasteiger charge is -2.22. The maximum atomic E-state index is 12.2. The Bertz CT molecular complexity index is 508. The molecule has 0 aliphatic carbocycles. The molecule has 1 aromatic rings. The van der Waals surface area contributed by atoms with Gasteiger partial charge in [0.25, 0.3) is 5.91 Å². The minimum absolute atomic E-state index is 0.145. The van der Waals surface area contributed by atoms with E-state index < -0.39 is 5.54 Å². The summed E-state index contributed by atoms with van der Waals surface area (Å²) in [4.78, 5) is 14.2. The molecule has 1 N–H and O–H groups in total. The Morgan fingerprint density at radius 1 is 1.50 bits per heavy atom. The highest BCUT2D eigenvalue weighted by Gasteiger charge is 2.26. The number of methoxy groups -OCH3 is 1. The molecular formula is C15H21N3O2. The molecule has 0 fully saturated rings. The predicted molar refractivity (Wildman–Crippen MR) is 77.2 cm³/mol. The van der Waals surface area contributed by atoms with Crippen molar-refractivity contribution in [3.8, 4) is 6.07 Å². The molecule has 1 unspecified atom stereocenters. The average Bonchev–Trinajstić information content (AvgIpc) is 2.38. The fourth-order valence-corrected chi connectivity index (χ4v) is 1.88. The van der Waals surface area contributed by atoms with Crippen LogP contribution >= 0.6 is 0 Å². The zero-order valence-corrected chi connectivity index (χ0v) is 12.4. The second kappa shape index (κ2) is 7.04. The van der Waals surface area contributed by atoms with Gasteiger partial charge in [-0.05, 0) is 38.7 Å². The lowest BCUT2D eigenvalue weighted by molar-refractivity contribution is 0.0860. The number of benzene rings is 1. The summed E-state index contributed by atoms with van der Waals surface area (Å²) in [5, 5.41) is 11.8. The van der Waals surface area contributed by atoms with E-state index in [9.17, 15) is 4.79 Å². The van der Waals surface area contributed by atoms with Gasteiger partial charge in [-0.2, -0.15) is 5.26 Å². The highest BCUT2D eigenvalue weighted by Crippen LogP contribution is 2.10. The van der Waals surface area contributed by atoms with Crippen LogP contribution in [0.15, 0.2) is 24.3 Å². The third-order valence-electron chi connectivity index (χ3n) is 2.76. The van der Waals surface area contributed by atoms with Gasteiger partial charge in [-0.3, -0.25) is 4.79 Å². The molecule has 1 aromatic carbocycles. The van der Waals surface area contributed by atoms with Gasteiger partial charge in [-0.25, -0.2) is 0 Å². The van der Waals surface area contributed by atoms with Crippen molar-refractivity contribution < 1.29 is 9.53 Å². The number of nitriles is 1. The van der Waals surface area contributed by atoms with Crippen LogP contribution in [0, 0.1) is 11.3 Å². The SMILES string of the molecule is COCC(C)(C#N)NC(=O)c1cccc(CN(C)C)c1. The Labute approximate surface area is 120 Å². The summed E-state index contributed by atoms with van der Waals surface area (Å²) in [6.07, 6.45) is 0. The molecule has 0 saturated carbocycles. The summed E-state index contributed by atoms with van der Waals surface area (Å²) < 4.78 is 4.97. The second-order valence-electron chi connectivity index (χ2n) is 5.27. The molecule has 0 aliphatic rings. The Morgan fingerprint density at radius 2 is 2.20 bits per heavy atom. The van der Waals surface area contributed by atoms with Crippen molar-refractivity contribution in [3.63, 3.8) is 0 Å². The summed E-state index contributed by atoms with van der Waals surface area (Å²) >= 11 is 0.